The zero-order valence-corrected chi connectivity index (χ0v) is 13.7. The van der Waals surface area contributed by atoms with Crippen molar-refractivity contribution in [2.24, 2.45) is 5.92 Å². The molecule has 1 aliphatic rings. The first-order valence-electron chi connectivity index (χ1n) is 8.66. The maximum Gasteiger partial charge on any atom is 0.0716 e. The van der Waals surface area contributed by atoms with E-state index in [0.29, 0.717) is 0 Å². The van der Waals surface area contributed by atoms with Gasteiger partial charge in [0.25, 0.3) is 0 Å². The van der Waals surface area contributed by atoms with Gasteiger partial charge in [0, 0.05) is 6.61 Å². The van der Waals surface area contributed by atoms with Crippen LogP contribution in [0.2, 0.25) is 0 Å². The summed E-state index contributed by atoms with van der Waals surface area (Å²) in [6.45, 7) is 5.82. The standard InChI is InChI=1S/C20H30O/c1-3-5-6-7-17-8-12-19(13-9-17)20-14-10-18(11-15-20)16-21-4-2/h6-7,10-11,14-15,17,19H,3-5,8-9,12-13,16H2,1-2H3. The number of hydrogen-bond acceptors (Lipinski definition) is 1. The van der Waals surface area contributed by atoms with Gasteiger partial charge in [-0.1, -0.05) is 49.8 Å². The molecule has 1 aromatic carbocycles. The van der Waals surface area contributed by atoms with E-state index in [1.54, 1.807) is 0 Å². The molecule has 0 bridgehead atoms. The molecular formula is C20H30O. The van der Waals surface area contributed by atoms with E-state index in [4.69, 9.17) is 4.74 Å². The average Bonchev–Trinajstić information content (AvgIpc) is 2.54. The largest absolute Gasteiger partial charge is 0.377 e. The molecule has 0 radical (unpaired) electrons. The summed E-state index contributed by atoms with van der Waals surface area (Å²) in [4.78, 5) is 0. The first-order valence-corrected chi connectivity index (χ1v) is 8.66. The van der Waals surface area contributed by atoms with Gasteiger partial charge in [0.05, 0.1) is 6.61 Å². The molecule has 0 spiro atoms. The lowest BCUT2D eigenvalue weighted by Gasteiger charge is -2.27. The molecule has 0 aliphatic heterocycles. The minimum absolute atomic E-state index is 0.742. The van der Waals surface area contributed by atoms with Crippen molar-refractivity contribution in [3.05, 3.63) is 47.5 Å². The number of benzene rings is 1. The SMILES string of the molecule is CCCC=CC1CCC(c2ccc(COCC)cc2)CC1. The molecular weight excluding hydrogens is 256 g/mol. The Morgan fingerprint density at radius 2 is 1.76 bits per heavy atom. The Bertz CT molecular complexity index is 410. The highest BCUT2D eigenvalue weighted by molar-refractivity contribution is 5.25. The predicted octanol–water partition coefficient (Wildman–Crippen LogP) is 5.85. The fourth-order valence-corrected chi connectivity index (χ4v) is 3.21. The van der Waals surface area contributed by atoms with Crippen LogP contribution < -0.4 is 0 Å². The van der Waals surface area contributed by atoms with Gasteiger partial charge in [-0.3, -0.25) is 0 Å². The zero-order chi connectivity index (χ0) is 14.9. The van der Waals surface area contributed by atoms with Crippen LogP contribution in [0.3, 0.4) is 0 Å². The third-order valence-electron chi connectivity index (χ3n) is 4.56. The minimum atomic E-state index is 0.742. The van der Waals surface area contributed by atoms with Crippen molar-refractivity contribution in [2.75, 3.05) is 6.61 Å². The third kappa shape index (κ3) is 5.32. The summed E-state index contributed by atoms with van der Waals surface area (Å²) in [5, 5.41) is 0. The maximum atomic E-state index is 5.46. The molecule has 0 unspecified atom stereocenters. The first-order chi connectivity index (χ1) is 10.3. The van der Waals surface area contributed by atoms with Gasteiger partial charge in [-0.2, -0.15) is 0 Å². The lowest BCUT2D eigenvalue weighted by molar-refractivity contribution is 0.134. The van der Waals surface area contributed by atoms with Crippen LogP contribution in [0.15, 0.2) is 36.4 Å². The van der Waals surface area contributed by atoms with Crippen molar-refractivity contribution in [2.45, 2.75) is 64.9 Å². The number of unbranched alkanes of at least 4 members (excludes halogenated alkanes) is 1. The molecule has 0 amide bonds. The minimum Gasteiger partial charge on any atom is -0.377 e. The Labute approximate surface area is 130 Å². The maximum absolute atomic E-state index is 5.46. The fraction of sp³-hybridized carbons (Fsp3) is 0.600. The van der Waals surface area contributed by atoms with Gasteiger partial charge in [0.1, 0.15) is 0 Å². The highest BCUT2D eigenvalue weighted by Crippen LogP contribution is 2.36. The summed E-state index contributed by atoms with van der Waals surface area (Å²) in [6.07, 6.45) is 12.7. The molecule has 0 saturated heterocycles. The Kier molecular flexibility index (Phi) is 7.02. The average molecular weight is 286 g/mol. The normalized spacial score (nSPS) is 22.8. The molecule has 1 heteroatoms. The molecule has 0 heterocycles. The van der Waals surface area contributed by atoms with Crippen LogP contribution in [0, 0.1) is 5.92 Å². The second-order valence-electron chi connectivity index (χ2n) is 6.21. The van der Waals surface area contributed by atoms with Crippen LogP contribution in [0.25, 0.3) is 0 Å². The van der Waals surface area contributed by atoms with E-state index in [1.807, 2.05) is 6.92 Å². The van der Waals surface area contributed by atoms with Crippen molar-refractivity contribution < 1.29 is 4.74 Å². The Morgan fingerprint density at radius 3 is 2.38 bits per heavy atom. The number of rotatable bonds is 7. The lowest BCUT2D eigenvalue weighted by atomic mass is 9.78. The Balaban J connectivity index is 1.81. The molecule has 2 rings (SSSR count). The van der Waals surface area contributed by atoms with Crippen LogP contribution in [0.1, 0.15) is 69.4 Å². The number of ether oxygens (including phenoxy) is 1. The molecule has 0 N–H and O–H groups in total. The molecule has 1 nitrogen and oxygen atoms in total. The molecule has 1 saturated carbocycles. The highest BCUT2D eigenvalue weighted by atomic mass is 16.5. The van der Waals surface area contributed by atoms with Gasteiger partial charge in [-0.05, 0) is 62.0 Å². The summed E-state index contributed by atoms with van der Waals surface area (Å²) in [5.41, 5.74) is 2.81. The van der Waals surface area contributed by atoms with E-state index in [2.05, 4.69) is 43.3 Å². The van der Waals surface area contributed by atoms with Gasteiger partial charge in [0.15, 0.2) is 0 Å². The van der Waals surface area contributed by atoms with Gasteiger partial charge in [0.2, 0.25) is 0 Å². The zero-order valence-electron chi connectivity index (χ0n) is 13.7. The summed E-state index contributed by atoms with van der Waals surface area (Å²) in [6, 6.07) is 9.09. The molecule has 0 atom stereocenters. The Morgan fingerprint density at radius 1 is 1.05 bits per heavy atom. The highest BCUT2D eigenvalue weighted by Gasteiger charge is 2.20. The van der Waals surface area contributed by atoms with Crippen molar-refractivity contribution in [1.82, 2.24) is 0 Å². The van der Waals surface area contributed by atoms with Gasteiger partial charge in [-0.15, -0.1) is 0 Å². The molecule has 21 heavy (non-hydrogen) atoms. The predicted molar refractivity (Wildman–Crippen MR) is 90.5 cm³/mol. The van der Waals surface area contributed by atoms with E-state index in [-0.39, 0.29) is 0 Å². The molecule has 0 aromatic heterocycles. The van der Waals surface area contributed by atoms with Crippen LogP contribution in [0.4, 0.5) is 0 Å². The summed E-state index contributed by atoms with van der Waals surface area (Å²) < 4.78 is 5.46. The third-order valence-corrected chi connectivity index (χ3v) is 4.56. The first kappa shape index (κ1) is 16.3. The van der Waals surface area contributed by atoms with E-state index in [1.165, 1.54) is 49.7 Å². The quantitative estimate of drug-likeness (QED) is 0.571. The summed E-state index contributed by atoms with van der Waals surface area (Å²) >= 11 is 0. The monoisotopic (exact) mass is 286 g/mol. The molecule has 116 valence electrons. The second-order valence-corrected chi connectivity index (χ2v) is 6.21. The number of allylic oxidation sites excluding steroid dienone is 2. The summed E-state index contributed by atoms with van der Waals surface area (Å²) in [7, 11) is 0. The van der Waals surface area contributed by atoms with Gasteiger partial charge < -0.3 is 4.74 Å². The van der Waals surface area contributed by atoms with Crippen molar-refractivity contribution in [3.8, 4) is 0 Å². The van der Waals surface area contributed by atoms with Crippen LogP contribution in [-0.2, 0) is 11.3 Å². The van der Waals surface area contributed by atoms with Crippen LogP contribution in [-0.4, -0.2) is 6.61 Å². The van der Waals surface area contributed by atoms with Gasteiger partial charge >= 0.3 is 0 Å². The molecule has 1 aliphatic carbocycles. The molecule has 1 fully saturated rings. The molecule has 1 aromatic rings. The van der Waals surface area contributed by atoms with Crippen molar-refractivity contribution in [1.29, 1.82) is 0 Å². The van der Waals surface area contributed by atoms with E-state index < -0.39 is 0 Å². The van der Waals surface area contributed by atoms with Crippen molar-refractivity contribution in [3.63, 3.8) is 0 Å². The van der Waals surface area contributed by atoms with Crippen LogP contribution >= 0.6 is 0 Å². The topological polar surface area (TPSA) is 9.23 Å². The van der Waals surface area contributed by atoms with E-state index >= 15 is 0 Å². The van der Waals surface area contributed by atoms with E-state index in [9.17, 15) is 0 Å². The van der Waals surface area contributed by atoms with Gasteiger partial charge in [-0.25, -0.2) is 0 Å². The second kappa shape index (κ2) is 9.04. The van der Waals surface area contributed by atoms with Crippen LogP contribution in [0.5, 0.6) is 0 Å². The number of hydrogen-bond donors (Lipinski definition) is 0. The lowest BCUT2D eigenvalue weighted by Crippen LogP contribution is -2.11. The van der Waals surface area contributed by atoms with Crippen molar-refractivity contribution >= 4 is 0 Å². The fourth-order valence-electron chi connectivity index (χ4n) is 3.21. The smallest absolute Gasteiger partial charge is 0.0716 e. The Hall–Kier alpha value is -1.08. The summed E-state index contributed by atoms with van der Waals surface area (Å²) in [5.74, 6) is 1.59. The van der Waals surface area contributed by atoms with E-state index in [0.717, 1.165) is 25.0 Å².